The van der Waals surface area contributed by atoms with Gasteiger partial charge in [-0.05, 0) is 71.0 Å². The van der Waals surface area contributed by atoms with Gasteiger partial charge in [-0.2, -0.15) is 0 Å². The minimum absolute atomic E-state index is 0.0919. The highest BCUT2D eigenvalue weighted by atomic mass is 127. The third-order valence-electron chi connectivity index (χ3n) is 5.43. The van der Waals surface area contributed by atoms with Gasteiger partial charge in [-0.15, -0.1) is 0 Å². The molecule has 1 aliphatic heterocycles. The molecule has 4 rings (SSSR count). The molecule has 0 aromatic heterocycles. The Kier molecular flexibility index (Phi) is 7.89. The highest BCUT2D eigenvalue weighted by molar-refractivity contribution is 14.1. The first kappa shape index (κ1) is 25.2. The zero-order valence-electron chi connectivity index (χ0n) is 19.7. The number of methoxy groups -OCH3 is 1. The lowest BCUT2D eigenvalue weighted by Crippen LogP contribution is -2.38. The first-order valence-corrected chi connectivity index (χ1v) is 12.2. The van der Waals surface area contributed by atoms with E-state index in [2.05, 4.69) is 33.2 Å². The molecule has 0 spiro atoms. The fourth-order valence-corrected chi connectivity index (χ4v) is 4.23. The highest BCUT2D eigenvalue weighted by Crippen LogP contribution is 2.26. The first-order valence-electron chi connectivity index (χ1n) is 11.1. The molecule has 1 saturated heterocycles. The predicted molar refractivity (Wildman–Crippen MR) is 145 cm³/mol. The number of rotatable bonds is 8. The van der Waals surface area contributed by atoms with E-state index in [0.29, 0.717) is 23.6 Å². The molecule has 4 amide bonds. The Labute approximate surface area is 222 Å². The number of urea groups is 1. The Morgan fingerprint density at radius 2 is 1.81 bits per heavy atom. The number of imide groups is 1. The van der Waals surface area contributed by atoms with Crippen LogP contribution >= 0.6 is 22.6 Å². The first-order chi connectivity index (χ1) is 17.3. The monoisotopic (exact) mass is 597 g/mol. The Balaban J connectivity index is 1.40. The molecule has 0 aliphatic carbocycles. The number of hydrogen-bond acceptors (Lipinski definition) is 5. The van der Waals surface area contributed by atoms with Gasteiger partial charge in [0.1, 0.15) is 30.3 Å². The zero-order chi connectivity index (χ0) is 25.7. The average molecular weight is 597 g/mol. The normalized spacial score (nSPS) is 14.1. The SMILES string of the molecule is COc1ccccc1NC(=O)CN1C(=O)N/C(=C/c2ccc(OCc3ccc(C)cc3)c(I)c2)C1=O. The number of benzene rings is 3. The van der Waals surface area contributed by atoms with Crippen molar-refractivity contribution in [1.29, 1.82) is 0 Å². The second-order valence-corrected chi connectivity index (χ2v) is 9.25. The number of ether oxygens (including phenoxy) is 2. The number of amides is 4. The van der Waals surface area contributed by atoms with Crippen LogP contribution in [0.3, 0.4) is 0 Å². The van der Waals surface area contributed by atoms with Crippen molar-refractivity contribution in [3.05, 3.63) is 92.7 Å². The summed E-state index contributed by atoms with van der Waals surface area (Å²) in [4.78, 5) is 38.5. The lowest BCUT2D eigenvalue weighted by atomic mass is 10.1. The van der Waals surface area contributed by atoms with Gasteiger partial charge in [0, 0.05) is 0 Å². The van der Waals surface area contributed by atoms with Gasteiger partial charge in [-0.3, -0.25) is 9.59 Å². The summed E-state index contributed by atoms with van der Waals surface area (Å²) in [6, 6.07) is 19.8. The molecule has 1 heterocycles. The van der Waals surface area contributed by atoms with E-state index in [1.54, 1.807) is 36.4 Å². The predicted octanol–water partition coefficient (Wildman–Crippen LogP) is 4.72. The molecule has 3 aromatic carbocycles. The summed E-state index contributed by atoms with van der Waals surface area (Å²) < 4.78 is 12.0. The van der Waals surface area contributed by atoms with Gasteiger partial charge in [0.25, 0.3) is 5.91 Å². The van der Waals surface area contributed by atoms with Gasteiger partial charge in [0.2, 0.25) is 5.91 Å². The highest BCUT2D eigenvalue weighted by Gasteiger charge is 2.35. The molecule has 184 valence electrons. The summed E-state index contributed by atoms with van der Waals surface area (Å²) >= 11 is 2.17. The van der Waals surface area contributed by atoms with Crippen LogP contribution < -0.4 is 20.1 Å². The van der Waals surface area contributed by atoms with Crippen LogP contribution in [0.15, 0.2) is 72.4 Å². The number of nitrogens with zero attached hydrogens (tertiary/aromatic N) is 1. The molecule has 0 bridgehead atoms. The number of carbonyl (C=O) groups is 3. The van der Waals surface area contributed by atoms with E-state index >= 15 is 0 Å². The van der Waals surface area contributed by atoms with Crippen molar-refractivity contribution < 1.29 is 23.9 Å². The topological polar surface area (TPSA) is 97.0 Å². The molecule has 1 aliphatic rings. The molecule has 9 heteroatoms. The summed E-state index contributed by atoms with van der Waals surface area (Å²) in [6.07, 6.45) is 1.57. The van der Waals surface area contributed by atoms with Crippen LogP contribution in [0, 0.1) is 10.5 Å². The van der Waals surface area contributed by atoms with E-state index in [9.17, 15) is 14.4 Å². The number of anilines is 1. The fraction of sp³-hybridized carbons (Fsp3) is 0.148. The van der Waals surface area contributed by atoms with Crippen molar-refractivity contribution in [3.63, 3.8) is 0 Å². The van der Waals surface area contributed by atoms with Crippen LogP contribution in [-0.2, 0) is 16.2 Å². The van der Waals surface area contributed by atoms with E-state index in [4.69, 9.17) is 9.47 Å². The number of hydrogen-bond donors (Lipinski definition) is 2. The van der Waals surface area contributed by atoms with Gasteiger partial charge in [0.05, 0.1) is 16.4 Å². The molecule has 0 atom stereocenters. The van der Waals surface area contributed by atoms with E-state index in [0.717, 1.165) is 19.8 Å². The second-order valence-electron chi connectivity index (χ2n) is 8.09. The molecule has 0 radical (unpaired) electrons. The fourth-order valence-electron chi connectivity index (χ4n) is 3.53. The molecule has 3 aromatic rings. The largest absolute Gasteiger partial charge is 0.495 e. The van der Waals surface area contributed by atoms with E-state index in [1.165, 1.54) is 12.7 Å². The van der Waals surface area contributed by atoms with E-state index in [1.807, 2.05) is 43.3 Å². The minimum Gasteiger partial charge on any atom is -0.495 e. The van der Waals surface area contributed by atoms with Gasteiger partial charge in [0.15, 0.2) is 0 Å². The summed E-state index contributed by atoms with van der Waals surface area (Å²) in [5.41, 5.74) is 3.51. The van der Waals surface area contributed by atoms with Crippen molar-refractivity contribution in [3.8, 4) is 11.5 Å². The Hall–Kier alpha value is -3.86. The number of aryl methyl sites for hydroxylation is 1. The molecular formula is C27H24IN3O5. The quantitative estimate of drug-likeness (QED) is 0.223. The average Bonchev–Trinajstić information content (AvgIpc) is 3.12. The third kappa shape index (κ3) is 6.03. The Morgan fingerprint density at radius 3 is 2.53 bits per heavy atom. The van der Waals surface area contributed by atoms with Crippen LogP contribution in [-0.4, -0.2) is 36.4 Å². The van der Waals surface area contributed by atoms with Gasteiger partial charge in [-0.1, -0.05) is 48.0 Å². The molecule has 8 nitrogen and oxygen atoms in total. The summed E-state index contributed by atoms with van der Waals surface area (Å²) in [7, 11) is 1.49. The summed E-state index contributed by atoms with van der Waals surface area (Å²) in [5.74, 6) is 0.0954. The van der Waals surface area contributed by atoms with Crippen molar-refractivity contribution in [2.24, 2.45) is 0 Å². The third-order valence-corrected chi connectivity index (χ3v) is 6.27. The molecule has 0 unspecified atom stereocenters. The van der Waals surface area contributed by atoms with Gasteiger partial charge in [-0.25, -0.2) is 9.69 Å². The van der Waals surface area contributed by atoms with Crippen LogP contribution in [0.25, 0.3) is 6.08 Å². The molecule has 1 fully saturated rings. The smallest absolute Gasteiger partial charge is 0.329 e. The molecular weight excluding hydrogens is 573 g/mol. The summed E-state index contributed by atoms with van der Waals surface area (Å²) in [5, 5.41) is 5.20. The van der Waals surface area contributed by atoms with Crippen molar-refractivity contribution in [2.75, 3.05) is 19.0 Å². The maximum absolute atomic E-state index is 12.8. The maximum Gasteiger partial charge on any atom is 0.329 e. The second kappa shape index (κ2) is 11.3. The zero-order valence-corrected chi connectivity index (χ0v) is 21.9. The minimum atomic E-state index is -0.658. The van der Waals surface area contributed by atoms with Crippen molar-refractivity contribution in [1.82, 2.24) is 10.2 Å². The van der Waals surface area contributed by atoms with Crippen LogP contribution in [0.1, 0.15) is 16.7 Å². The van der Waals surface area contributed by atoms with E-state index in [-0.39, 0.29) is 5.70 Å². The van der Waals surface area contributed by atoms with Crippen LogP contribution in [0.5, 0.6) is 11.5 Å². The number of nitrogens with one attached hydrogen (secondary N) is 2. The van der Waals surface area contributed by atoms with Gasteiger partial charge >= 0.3 is 6.03 Å². The molecule has 2 N–H and O–H groups in total. The Morgan fingerprint density at radius 1 is 1.06 bits per heavy atom. The standard InChI is InChI=1S/C27H24IN3O5/c1-17-7-9-18(10-8-17)16-36-23-12-11-19(13-20(23)28)14-22-26(33)31(27(34)30-22)15-25(32)29-21-5-3-4-6-24(21)35-2/h3-14H,15-16H2,1-2H3,(H,29,32)(H,30,34)/b22-14+. The Bertz CT molecular complexity index is 1340. The van der Waals surface area contributed by atoms with E-state index < -0.39 is 24.4 Å². The number of halogens is 1. The molecule has 36 heavy (non-hydrogen) atoms. The van der Waals surface area contributed by atoms with Crippen molar-refractivity contribution >= 4 is 52.2 Å². The lowest BCUT2D eigenvalue weighted by Gasteiger charge is -2.13. The van der Waals surface area contributed by atoms with Crippen LogP contribution in [0.2, 0.25) is 0 Å². The number of carbonyl (C=O) groups excluding carboxylic acids is 3. The molecule has 0 saturated carbocycles. The number of para-hydroxylation sites is 2. The van der Waals surface area contributed by atoms with Crippen molar-refractivity contribution in [2.45, 2.75) is 13.5 Å². The maximum atomic E-state index is 12.8. The van der Waals surface area contributed by atoms with Gasteiger partial charge < -0.3 is 20.1 Å². The van der Waals surface area contributed by atoms with Crippen LogP contribution in [0.4, 0.5) is 10.5 Å². The summed E-state index contributed by atoms with van der Waals surface area (Å²) in [6.45, 7) is 2.05. The lowest BCUT2D eigenvalue weighted by molar-refractivity contribution is -0.127.